The summed E-state index contributed by atoms with van der Waals surface area (Å²) < 4.78 is 10.3. The lowest BCUT2D eigenvalue weighted by molar-refractivity contribution is -0.122. The number of hydrogen-bond acceptors (Lipinski definition) is 4. The zero-order valence-electron chi connectivity index (χ0n) is 12.1. The van der Waals surface area contributed by atoms with Crippen molar-refractivity contribution in [2.24, 2.45) is 0 Å². The van der Waals surface area contributed by atoms with Gasteiger partial charge in [0, 0.05) is 25.8 Å². The minimum atomic E-state index is -0.123. The molecule has 1 N–H and O–H groups in total. The number of carbonyl (C=O) groups excluding carboxylic acids is 1. The van der Waals surface area contributed by atoms with E-state index in [1.54, 1.807) is 25.2 Å². The summed E-state index contributed by atoms with van der Waals surface area (Å²) in [7, 11) is 3.23. The maximum Gasteiger partial charge on any atom is 0.276 e. The molecular formula is C15H18N2O3S. The molecule has 1 heterocycles. The van der Waals surface area contributed by atoms with Gasteiger partial charge in [-0.1, -0.05) is 18.2 Å². The lowest BCUT2D eigenvalue weighted by Gasteiger charge is -2.13. The zero-order valence-corrected chi connectivity index (χ0v) is 12.9. The van der Waals surface area contributed by atoms with Crippen LogP contribution in [0.1, 0.15) is 12.0 Å². The van der Waals surface area contributed by atoms with E-state index >= 15 is 0 Å². The Morgan fingerprint density at radius 2 is 2.10 bits per heavy atom. The fourth-order valence-corrected chi connectivity index (χ4v) is 2.37. The Morgan fingerprint density at radius 3 is 2.81 bits per heavy atom. The molecule has 1 aromatic carbocycles. The van der Waals surface area contributed by atoms with Gasteiger partial charge in [0.1, 0.15) is 11.4 Å². The number of carbonyl (C=O) groups is 1. The van der Waals surface area contributed by atoms with Gasteiger partial charge >= 0.3 is 0 Å². The average molecular weight is 306 g/mol. The second kappa shape index (κ2) is 7.19. The van der Waals surface area contributed by atoms with E-state index < -0.39 is 0 Å². The predicted molar refractivity (Wildman–Crippen MR) is 84.9 cm³/mol. The molecule has 0 unspecified atom stereocenters. The van der Waals surface area contributed by atoms with Crippen LogP contribution in [0.5, 0.6) is 5.75 Å². The third-order valence-corrected chi connectivity index (χ3v) is 3.45. The molecular weight excluding hydrogens is 288 g/mol. The smallest absolute Gasteiger partial charge is 0.276 e. The van der Waals surface area contributed by atoms with Crippen molar-refractivity contribution < 1.29 is 14.3 Å². The first-order valence-corrected chi connectivity index (χ1v) is 7.04. The molecule has 0 saturated carbocycles. The van der Waals surface area contributed by atoms with Crippen molar-refractivity contribution in [2.45, 2.75) is 6.42 Å². The zero-order chi connectivity index (χ0) is 15.2. The van der Waals surface area contributed by atoms with Gasteiger partial charge in [-0.25, -0.2) is 0 Å². The molecule has 21 heavy (non-hydrogen) atoms. The molecule has 1 amide bonds. The van der Waals surface area contributed by atoms with Crippen molar-refractivity contribution in [1.82, 2.24) is 10.2 Å². The van der Waals surface area contributed by atoms with Gasteiger partial charge in [0.2, 0.25) is 0 Å². The third kappa shape index (κ3) is 3.59. The van der Waals surface area contributed by atoms with Crippen LogP contribution in [-0.2, 0) is 9.53 Å². The number of benzene rings is 1. The minimum absolute atomic E-state index is 0.123. The Hall–Kier alpha value is -1.92. The Balaban J connectivity index is 2.16. The number of rotatable bonds is 6. The standard InChI is InChI=1S/C15H18N2O3S/c1-19-9-5-8-17-14(18)12(16-15(17)21)10-11-6-3-4-7-13(11)20-2/h3-4,6-7,10H,5,8-9H2,1-2H3,(H,16,21)/b12-10+. The van der Waals surface area contributed by atoms with Crippen molar-refractivity contribution in [3.63, 3.8) is 0 Å². The summed E-state index contributed by atoms with van der Waals surface area (Å²) in [6.07, 6.45) is 2.50. The van der Waals surface area contributed by atoms with Gasteiger partial charge in [-0.2, -0.15) is 0 Å². The monoisotopic (exact) mass is 306 g/mol. The van der Waals surface area contributed by atoms with Crippen LogP contribution in [0.3, 0.4) is 0 Å². The van der Waals surface area contributed by atoms with Crippen molar-refractivity contribution in [1.29, 1.82) is 0 Å². The van der Waals surface area contributed by atoms with Gasteiger partial charge < -0.3 is 14.8 Å². The third-order valence-electron chi connectivity index (χ3n) is 3.13. The maximum absolute atomic E-state index is 12.3. The number of thiocarbonyl (C=S) groups is 1. The van der Waals surface area contributed by atoms with Crippen LogP contribution < -0.4 is 10.1 Å². The van der Waals surface area contributed by atoms with E-state index in [9.17, 15) is 4.79 Å². The molecule has 6 heteroatoms. The summed E-state index contributed by atoms with van der Waals surface area (Å²) in [5.74, 6) is 0.588. The number of ether oxygens (including phenoxy) is 2. The molecule has 0 radical (unpaired) electrons. The van der Waals surface area contributed by atoms with E-state index in [2.05, 4.69) is 5.32 Å². The van der Waals surface area contributed by atoms with E-state index in [-0.39, 0.29) is 5.91 Å². The first kappa shape index (κ1) is 15.5. The number of nitrogens with one attached hydrogen (secondary N) is 1. The van der Waals surface area contributed by atoms with E-state index in [1.807, 2.05) is 24.3 Å². The van der Waals surface area contributed by atoms with Crippen LogP contribution in [0.2, 0.25) is 0 Å². The molecule has 0 atom stereocenters. The van der Waals surface area contributed by atoms with Crippen molar-refractivity contribution >= 4 is 29.3 Å². The highest BCUT2D eigenvalue weighted by atomic mass is 32.1. The Labute approximate surface area is 129 Å². The highest BCUT2D eigenvalue weighted by Gasteiger charge is 2.30. The number of methoxy groups -OCH3 is 2. The average Bonchev–Trinajstić information content (AvgIpc) is 2.75. The van der Waals surface area contributed by atoms with Crippen LogP contribution in [-0.4, -0.2) is 43.3 Å². The fraction of sp³-hybridized carbons (Fsp3) is 0.333. The lowest BCUT2D eigenvalue weighted by Crippen LogP contribution is -2.32. The largest absolute Gasteiger partial charge is 0.496 e. The van der Waals surface area contributed by atoms with Crippen LogP contribution in [0, 0.1) is 0 Å². The highest BCUT2D eigenvalue weighted by molar-refractivity contribution is 7.80. The molecule has 1 fully saturated rings. The van der Waals surface area contributed by atoms with E-state index in [0.717, 1.165) is 12.0 Å². The van der Waals surface area contributed by atoms with Crippen LogP contribution >= 0.6 is 12.2 Å². The van der Waals surface area contributed by atoms with Crippen molar-refractivity contribution in [3.05, 3.63) is 35.5 Å². The minimum Gasteiger partial charge on any atom is -0.496 e. The van der Waals surface area contributed by atoms with E-state index in [0.29, 0.717) is 29.7 Å². The number of hydrogen-bond donors (Lipinski definition) is 1. The molecule has 0 spiro atoms. The van der Waals surface area contributed by atoms with Gasteiger partial charge in [0.15, 0.2) is 5.11 Å². The summed E-state index contributed by atoms with van der Waals surface area (Å²) >= 11 is 5.20. The van der Waals surface area contributed by atoms with E-state index in [1.165, 1.54) is 0 Å². The molecule has 2 rings (SSSR count). The quantitative estimate of drug-likeness (QED) is 0.493. The second-order valence-electron chi connectivity index (χ2n) is 4.53. The fourth-order valence-electron chi connectivity index (χ4n) is 2.08. The van der Waals surface area contributed by atoms with Crippen molar-refractivity contribution in [2.75, 3.05) is 27.4 Å². The van der Waals surface area contributed by atoms with Crippen LogP contribution in [0.15, 0.2) is 30.0 Å². The summed E-state index contributed by atoms with van der Waals surface area (Å²) in [4.78, 5) is 13.9. The Bertz CT molecular complexity index is 572. The first-order chi connectivity index (χ1) is 10.2. The van der Waals surface area contributed by atoms with Gasteiger partial charge in [-0.15, -0.1) is 0 Å². The predicted octanol–water partition coefficient (Wildman–Crippen LogP) is 1.79. The number of nitrogens with zero attached hydrogens (tertiary/aromatic N) is 1. The number of amides is 1. The maximum atomic E-state index is 12.3. The molecule has 112 valence electrons. The highest BCUT2D eigenvalue weighted by Crippen LogP contribution is 2.22. The summed E-state index contributed by atoms with van der Waals surface area (Å²) in [6, 6.07) is 7.51. The molecule has 0 bridgehead atoms. The molecule has 1 aliphatic rings. The Morgan fingerprint density at radius 1 is 1.33 bits per heavy atom. The second-order valence-corrected chi connectivity index (χ2v) is 4.92. The summed E-state index contributed by atoms with van der Waals surface area (Å²) in [6.45, 7) is 1.14. The molecule has 5 nitrogen and oxygen atoms in total. The van der Waals surface area contributed by atoms with Gasteiger partial charge in [-0.3, -0.25) is 9.69 Å². The van der Waals surface area contributed by atoms with Crippen LogP contribution in [0.4, 0.5) is 0 Å². The first-order valence-electron chi connectivity index (χ1n) is 6.64. The summed E-state index contributed by atoms with van der Waals surface area (Å²) in [5, 5.41) is 3.38. The van der Waals surface area contributed by atoms with Gasteiger partial charge in [0.25, 0.3) is 5.91 Å². The molecule has 1 saturated heterocycles. The summed E-state index contributed by atoms with van der Waals surface area (Å²) in [5.41, 5.74) is 1.29. The normalized spacial score (nSPS) is 16.5. The topological polar surface area (TPSA) is 50.8 Å². The molecule has 1 aromatic rings. The van der Waals surface area contributed by atoms with Gasteiger partial charge in [-0.05, 0) is 30.8 Å². The van der Waals surface area contributed by atoms with Gasteiger partial charge in [0.05, 0.1) is 7.11 Å². The molecule has 0 aliphatic carbocycles. The lowest BCUT2D eigenvalue weighted by atomic mass is 10.1. The molecule has 0 aromatic heterocycles. The Kier molecular flexibility index (Phi) is 5.30. The van der Waals surface area contributed by atoms with Crippen molar-refractivity contribution in [3.8, 4) is 5.75 Å². The molecule has 1 aliphatic heterocycles. The number of para-hydroxylation sites is 1. The van der Waals surface area contributed by atoms with Crippen LogP contribution in [0.25, 0.3) is 6.08 Å². The van der Waals surface area contributed by atoms with E-state index in [4.69, 9.17) is 21.7 Å². The SMILES string of the molecule is COCCCN1C(=O)/C(=C\c2ccccc2OC)NC1=S.